The van der Waals surface area contributed by atoms with E-state index in [1.54, 1.807) is 6.20 Å². The van der Waals surface area contributed by atoms with Gasteiger partial charge in [0.2, 0.25) is 0 Å². The number of nitrogens with one attached hydrogen (secondary N) is 1. The zero-order valence-electron chi connectivity index (χ0n) is 13.6. The molecular formula is C16H15N5O5. The molecule has 2 aliphatic heterocycles. The lowest BCUT2D eigenvalue weighted by atomic mass is 9.96. The number of aliphatic hydroxyl groups is 3. The van der Waals surface area contributed by atoms with Crippen molar-refractivity contribution in [2.45, 2.75) is 31.0 Å². The summed E-state index contributed by atoms with van der Waals surface area (Å²) in [4.78, 5) is 20.1. The van der Waals surface area contributed by atoms with Crippen LogP contribution in [0.3, 0.4) is 0 Å². The molecular weight excluding hydrogens is 342 g/mol. The van der Waals surface area contributed by atoms with Gasteiger partial charge in [0.25, 0.3) is 5.56 Å². The Morgan fingerprint density at radius 3 is 2.96 bits per heavy atom. The molecule has 0 unspecified atom stereocenters. The van der Waals surface area contributed by atoms with Gasteiger partial charge in [-0.25, -0.2) is 4.99 Å². The molecule has 2 aromatic rings. The molecule has 26 heavy (non-hydrogen) atoms. The van der Waals surface area contributed by atoms with Gasteiger partial charge in [-0.05, 0) is 13.0 Å². The Bertz CT molecular complexity index is 1040. The summed E-state index contributed by atoms with van der Waals surface area (Å²) < 4.78 is 7.13. The summed E-state index contributed by atoms with van der Waals surface area (Å²) in [7, 11) is 0. The van der Waals surface area contributed by atoms with E-state index in [2.05, 4.69) is 15.3 Å². The van der Waals surface area contributed by atoms with Gasteiger partial charge in [-0.1, -0.05) is 0 Å². The van der Waals surface area contributed by atoms with Gasteiger partial charge in [0.1, 0.15) is 41.1 Å². The van der Waals surface area contributed by atoms with Gasteiger partial charge in [0.05, 0.1) is 18.3 Å². The number of nitriles is 1. The van der Waals surface area contributed by atoms with Crippen molar-refractivity contribution >= 4 is 28.7 Å². The van der Waals surface area contributed by atoms with E-state index in [4.69, 9.17) is 10.00 Å². The fourth-order valence-electron chi connectivity index (χ4n) is 3.36. The van der Waals surface area contributed by atoms with Crippen LogP contribution in [-0.2, 0) is 4.74 Å². The predicted molar refractivity (Wildman–Crippen MR) is 90.1 cm³/mol. The number of anilines is 1. The number of rotatable bonds is 2. The van der Waals surface area contributed by atoms with Crippen LogP contribution in [0.15, 0.2) is 22.1 Å². The first-order valence-corrected chi connectivity index (χ1v) is 7.84. The average Bonchev–Trinajstić information content (AvgIpc) is 3.03. The van der Waals surface area contributed by atoms with Crippen molar-refractivity contribution in [3.8, 4) is 6.07 Å². The highest BCUT2D eigenvalue weighted by Crippen LogP contribution is 2.44. The molecule has 4 atom stereocenters. The Morgan fingerprint density at radius 2 is 2.31 bits per heavy atom. The van der Waals surface area contributed by atoms with E-state index in [-0.39, 0.29) is 11.4 Å². The van der Waals surface area contributed by atoms with Gasteiger partial charge in [-0.2, -0.15) is 10.2 Å². The number of hydrogen-bond donors (Lipinski definition) is 4. The Hall–Kier alpha value is -2.84. The maximum absolute atomic E-state index is 12.0. The zero-order chi connectivity index (χ0) is 18.6. The number of nitrogens with zero attached hydrogens (tertiary/aromatic N) is 4. The smallest absolute Gasteiger partial charge is 0.289 e. The Labute approximate surface area is 146 Å². The molecule has 10 nitrogen and oxygen atoms in total. The monoisotopic (exact) mass is 357 g/mol. The van der Waals surface area contributed by atoms with Gasteiger partial charge in [0.15, 0.2) is 6.23 Å². The Balaban J connectivity index is 1.98. The summed E-state index contributed by atoms with van der Waals surface area (Å²) in [5.41, 5.74) is -2.50. The molecule has 4 rings (SSSR count). The summed E-state index contributed by atoms with van der Waals surface area (Å²) in [6, 6.07) is 3.20. The summed E-state index contributed by atoms with van der Waals surface area (Å²) in [5.74, 6) is 0.573. The molecule has 0 amide bonds. The summed E-state index contributed by atoms with van der Waals surface area (Å²) in [5, 5.41) is 43.2. The van der Waals surface area contributed by atoms with Crippen molar-refractivity contribution in [1.29, 1.82) is 5.26 Å². The zero-order valence-corrected chi connectivity index (χ0v) is 13.6. The van der Waals surface area contributed by atoms with E-state index in [9.17, 15) is 20.1 Å². The first-order valence-electron chi connectivity index (χ1n) is 7.84. The molecule has 4 N–H and O–H groups in total. The van der Waals surface area contributed by atoms with Crippen LogP contribution in [0.25, 0.3) is 10.8 Å². The summed E-state index contributed by atoms with van der Waals surface area (Å²) >= 11 is 0. The molecule has 134 valence electrons. The minimum absolute atomic E-state index is 0.138. The first kappa shape index (κ1) is 16.6. The van der Waals surface area contributed by atoms with Crippen molar-refractivity contribution in [3.63, 3.8) is 0 Å². The molecule has 0 spiro atoms. The van der Waals surface area contributed by atoms with E-state index >= 15 is 0 Å². The van der Waals surface area contributed by atoms with Crippen LogP contribution in [0.1, 0.15) is 18.7 Å². The second-order valence-corrected chi connectivity index (χ2v) is 6.41. The van der Waals surface area contributed by atoms with Gasteiger partial charge < -0.3 is 29.9 Å². The largest absolute Gasteiger partial charge is 0.394 e. The highest BCUT2D eigenvalue weighted by molar-refractivity contribution is 6.06. The van der Waals surface area contributed by atoms with Crippen molar-refractivity contribution in [2.75, 3.05) is 11.9 Å². The maximum atomic E-state index is 12.0. The van der Waals surface area contributed by atoms with Gasteiger partial charge in [-0.3, -0.25) is 4.79 Å². The molecule has 0 saturated carbocycles. The number of aromatic nitrogens is 2. The van der Waals surface area contributed by atoms with Crippen LogP contribution in [0.4, 0.5) is 11.6 Å². The first-order chi connectivity index (χ1) is 12.4. The lowest BCUT2D eigenvalue weighted by Crippen LogP contribution is -2.44. The molecule has 2 aliphatic rings. The third-order valence-corrected chi connectivity index (χ3v) is 4.71. The van der Waals surface area contributed by atoms with Crippen molar-refractivity contribution < 1.29 is 20.1 Å². The summed E-state index contributed by atoms with van der Waals surface area (Å²) in [6.07, 6.45) is -0.419. The molecule has 10 heteroatoms. The second-order valence-electron chi connectivity index (χ2n) is 6.41. The van der Waals surface area contributed by atoms with Crippen molar-refractivity contribution in [1.82, 2.24) is 9.55 Å². The molecule has 4 heterocycles. The minimum atomic E-state index is -1.70. The van der Waals surface area contributed by atoms with Crippen LogP contribution >= 0.6 is 0 Å². The van der Waals surface area contributed by atoms with E-state index in [0.717, 1.165) is 0 Å². The average molecular weight is 357 g/mol. The van der Waals surface area contributed by atoms with Gasteiger partial charge in [0, 0.05) is 11.6 Å². The van der Waals surface area contributed by atoms with Crippen LogP contribution in [0, 0.1) is 11.3 Å². The van der Waals surface area contributed by atoms with E-state index in [1.165, 1.54) is 23.9 Å². The predicted octanol–water partition coefficient (Wildman–Crippen LogP) is -0.645. The van der Waals surface area contributed by atoms with Gasteiger partial charge >= 0.3 is 0 Å². The SMILES string of the molecule is C[C@@]1(O)[C@H](O)[C@@H](CO)O[C@H]1n1cc2cc(C#N)c(=O)nc3c2c1N=CN3. The number of aliphatic imine (C=N–C) groups is 1. The normalized spacial score (nSPS) is 29.6. The molecule has 0 aromatic carbocycles. The highest BCUT2D eigenvalue weighted by atomic mass is 16.6. The third kappa shape index (κ3) is 2.16. The number of ether oxygens (including phenoxy) is 1. The Morgan fingerprint density at radius 1 is 1.54 bits per heavy atom. The van der Waals surface area contributed by atoms with Crippen molar-refractivity contribution in [3.05, 3.63) is 28.2 Å². The number of hydrogen-bond acceptors (Lipinski definition) is 9. The van der Waals surface area contributed by atoms with Crippen LogP contribution < -0.4 is 10.9 Å². The quantitative estimate of drug-likeness (QED) is 0.553. The second kappa shape index (κ2) is 5.58. The lowest BCUT2D eigenvalue weighted by molar-refractivity contribution is -0.0955. The topological polar surface area (TPSA) is 153 Å². The highest BCUT2D eigenvalue weighted by Gasteiger charge is 2.53. The molecule has 2 aromatic heterocycles. The van der Waals surface area contributed by atoms with Crippen molar-refractivity contribution in [2.24, 2.45) is 4.99 Å². The standard InChI is InChI=1S/C16H15N5O5/c1-16(25)11(23)9(5-22)26-15(16)21-4-8-2-7(3-17)14(24)20-12-10(8)13(21)19-6-18-12/h2,4,6,9,11,15,22-23,25H,5H2,1H3,(H,18,19,20,24)/t9-,11-,15-,16-/m1/s1. The van der Waals surface area contributed by atoms with Crippen LogP contribution in [0.2, 0.25) is 0 Å². The Kier molecular flexibility index (Phi) is 3.57. The van der Waals surface area contributed by atoms with E-state index < -0.39 is 36.2 Å². The fourth-order valence-corrected chi connectivity index (χ4v) is 3.36. The van der Waals surface area contributed by atoms with E-state index in [1.807, 2.05) is 6.07 Å². The van der Waals surface area contributed by atoms with E-state index in [0.29, 0.717) is 16.6 Å². The van der Waals surface area contributed by atoms with Crippen LogP contribution in [-0.4, -0.2) is 55.6 Å². The lowest BCUT2D eigenvalue weighted by Gasteiger charge is -2.28. The van der Waals surface area contributed by atoms with Crippen LogP contribution in [0.5, 0.6) is 0 Å². The summed E-state index contributed by atoms with van der Waals surface area (Å²) in [6.45, 7) is 0.935. The molecule has 1 fully saturated rings. The molecule has 0 radical (unpaired) electrons. The molecule has 0 aliphatic carbocycles. The maximum Gasteiger partial charge on any atom is 0.289 e. The minimum Gasteiger partial charge on any atom is -0.394 e. The molecule has 1 saturated heterocycles. The third-order valence-electron chi connectivity index (χ3n) is 4.71. The van der Waals surface area contributed by atoms with Gasteiger partial charge in [-0.15, -0.1) is 0 Å². The number of aliphatic hydroxyl groups excluding tert-OH is 2. The fraction of sp³-hybridized carbons (Fsp3) is 0.375. The molecule has 0 bridgehead atoms.